The minimum absolute atomic E-state index is 0.0824. The third-order valence-corrected chi connectivity index (χ3v) is 9.71. The highest BCUT2D eigenvalue weighted by Gasteiger charge is 2.43. The molecule has 54 heavy (non-hydrogen) atoms. The molecule has 5 aromatic carbocycles. The van der Waals surface area contributed by atoms with Crippen molar-refractivity contribution in [2.45, 2.75) is 63.2 Å². The Labute approximate surface area is 321 Å². The second-order valence-corrected chi connectivity index (χ2v) is 14.7. The number of hydrogen-bond acceptors (Lipinski definition) is 6. The maximum atomic E-state index is 14.6. The minimum Gasteiger partial charge on any atom is -0.449 e. The Kier molecular flexibility index (Phi) is 12.0. The molecule has 1 aliphatic rings. The molecule has 0 aliphatic heterocycles. The molecule has 1 atom stereocenters. The zero-order valence-corrected chi connectivity index (χ0v) is 31.5. The topological polar surface area (TPSA) is 103 Å². The van der Waals surface area contributed by atoms with E-state index >= 15 is 0 Å². The van der Waals surface area contributed by atoms with E-state index in [9.17, 15) is 14.4 Å². The fourth-order valence-electron chi connectivity index (χ4n) is 6.97. The summed E-state index contributed by atoms with van der Waals surface area (Å²) >= 11 is 6.89. The summed E-state index contributed by atoms with van der Waals surface area (Å²) < 4.78 is 17.9. The summed E-state index contributed by atoms with van der Waals surface area (Å²) in [5.41, 5.74) is 4.22. The van der Waals surface area contributed by atoms with Crippen LogP contribution in [0.2, 0.25) is 5.02 Å². The van der Waals surface area contributed by atoms with Gasteiger partial charge in [0, 0.05) is 34.2 Å². The van der Waals surface area contributed by atoms with Gasteiger partial charge >= 0.3 is 18.2 Å². The first-order chi connectivity index (χ1) is 26.1. The van der Waals surface area contributed by atoms with Crippen molar-refractivity contribution in [3.63, 3.8) is 0 Å². The van der Waals surface area contributed by atoms with Crippen LogP contribution in [0.3, 0.4) is 0 Å². The number of unbranched alkanes of at least 4 members (excludes halogenated alkanes) is 1. The van der Waals surface area contributed by atoms with Crippen LogP contribution in [-0.4, -0.2) is 43.0 Å². The van der Waals surface area contributed by atoms with Crippen molar-refractivity contribution in [1.82, 2.24) is 10.6 Å². The fourth-order valence-corrected chi connectivity index (χ4v) is 7.24. The van der Waals surface area contributed by atoms with E-state index in [0.29, 0.717) is 41.1 Å². The Morgan fingerprint density at radius 3 is 1.78 bits per heavy atom. The van der Waals surface area contributed by atoms with E-state index in [1.807, 2.05) is 115 Å². The molecular weight excluding hydrogens is 700 g/mol. The molecule has 5 aromatic rings. The lowest BCUT2D eigenvalue weighted by molar-refractivity contribution is -0.156. The molecule has 6 rings (SSSR count). The maximum Gasteiger partial charge on any atom is 0.407 e. The van der Waals surface area contributed by atoms with Gasteiger partial charge in [-0.2, -0.15) is 0 Å². The van der Waals surface area contributed by atoms with Gasteiger partial charge in [-0.25, -0.2) is 14.4 Å². The fraction of sp³-hybridized carbons (Fsp3) is 0.267. The maximum absolute atomic E-state index is 14.6. The number of esters is 1. The monoisotopic (exact) mass is 744 g/mol. The van der Waals surface area contributed by atoms with Crippen molar-refractivity contribution in [2.24, 2.45) is 0 Å². The van der Waals surface area contributed by atoms with Gasteiger partial charge in [-0.1, -0.05) is 139 Å². The summed E-state index contributed by atoms with van der Waals surface area (Å²) in [6.07, 6.45) is -0.0718. The van der Waals surface area contributed by atoms with Crippen molar-refractivity contribution < 1.29 is 28.6 Å². The van der Waals surface area contributed by atoms with Gasteiger partial charge in [-0.05, 0) is 68.4 Å². The molecule has 0 heterocycles. The predicted octanol–water partition coefficient (Wildman–Crippen LogP) is 9.78. The van der Waals surface area contributed by atoms with Crippen molar-refractivity contribution in [3.05, 3.63) is 166 Å². The first-order valence-electron chi connectivity index (χ1n) is 18.2. The lowest BCUT2D eigenvalue weighted by Gasteiger charge is -2.37. The van der Waals surface area contributed by atoms with Crippen LogP contribution < -0.4 is 10.6 Å². The van der Waals surface area contributed by atoms with Gasteiger partial charge in [0.2, 0.25) is 0 Å². The number of rotatable bonds is 13. The first kappa shape index (κ1) is 38.1. The van der Waals surface area contributed by atoms with E-state index < -0.39 is 35.4 Å². The quantitative estimate of drug-likeness (QED) is 0.0539. The van der Waals surface area contributed by atoms with E-state index in [-0.39, 0.29) is 18.9 Å². The second-order valence-electron chi connectivity index (χ2n) is 14.3. The van der Waals surface area contributed by atoms with Crippen LogP contribution in [0.15, 0.2) is 133 Å². The van der Waals surface area contributed by atoms with Crippen molar-refractivity contribution in [1.29, 1.82) is 0 Å². The smallest absolute Gasteiger partial charge is 0.407 e. The van der Waals surface area contributed by atoms with Gasteiger partial charge < -0.3 is 24.8 Å². The first-order valence-corrected chi connectivity index (χ1v) is 18.6. The summed E-state index contributed by atoms with van der Waals surface area (Å²) in [5, 5.41) is 6.00. The molecule has 278 valence electrons. The lowest BCUT2D eigenvalue weighted by atomic mass is 9.80. The summed E-state index contributed by atoms with van der Waals surface area (Å²) in [6.45, 7) is 5.79. The molecule has 0 unspecified atom stereocenters. The van der Waals surface area contributed by atoms with Gasteiger partial charge in [0.15, 0.2) is 5.60 Å². The van der Waals surface area contributed by atoms with E-state index in [1.54, 1.807) is 26.8 Å². The second kappa shape index (κ2) is 17.0. The van der Waals surface area contributed by atoms with Gasteiger partial charge in [0.1, 0.15) is 18.2 Å². The van der Waals surface area contributed by atoms with Crippen LogP contribution in [0.5, 0.6) is 0 Å². The van der Waals surface area contributed by atoms with E-state index in [1.165, 1.54) is 0 Å². The number of nitrogens with one attached hydrogen (secondary N) is 2. The molecule has 0 saturated heterocycles. The highest BCUT2D eigenvalue weighted by atomic mass is 35.5. The summed E-state index contributed by atoms with van der Waals surface area (Å²) in [4.78, 5) is 40.5. The minimum atomic E-state index is -1.46. The molecule has 2 amide bonds. The van der Waals surface area contributed by atoms with Crippen LogP contribution >= 0.6 is 11.6 Å². The number of halogens is 1. The molecule has 0 fully saturated rings. The number of hydrogen-bond donors (Lipinski definition) is 2. The number of benzene rings is 5. The molecule has 0 spiro atoms. The molecular formula is C45H45ClN2O6. The third-order valence-electron chi connectivity index (χ3n) is 9.38. The average Bonchev–Trinajstić information content (AvgIpc) is 3.49. The SMILES string of the molecule is CC(C)(C)OC(=O)NCCCC[C@H](NC(=O)OCC1c2ccccc2-c2ccccc21)C(=O)OC(c1ccccc1)(c1ccccc1)c1ccccc1Cl. The standard InChI is InChI=1S/C45H45ClN2O6/c1-44(2,3)54-42(50)47-29-17-16-28-40(48-43(51)52-30-37-35-24-12-10-22-33(35)34-23-11-13-25-36(34)37)41(49)53-45(31-18-6-4-7-19-31,32-20-8-5-9-21-32)38-26-14-15-27-39(38)46/h4-15,18-27,37,40H,16-17,28-30H2,1-3H3,(H,47,50)(H,48,51)/t40-/m0/s1. The van der Waals surface area contributed by atoms with E-state index in [4.69, 9.17) is 25.8 Å². The van der Waals surface area contributed by atoms with Crippen molar-refractivity contribution >= 4 is 29.8 Å². The molecule has 8 nitrogen and oxygen atoms in total. The van der Waals surface area contributed by atoms with Crippen molar-refractivity contribution in [2.75, 3.05) is 13.2 Å². The summed E-state index contributed by atoms with van der Waals surface area (Å²) in [5.74, 6) is -0.826. The normalized spacial score (nSPS) is 12.9. The Balaban J connectivity index is 1.26. The molecule has 0 radical (unpaired) electrons. The van der Waals surface area contributed by atoms with Crippen LogP contribution in [0.4, 0.5) is 9.59 Å². The number of carbonyl (C=O) groups is 3. The highest BCUT2D eigenvalue weighted by Crippen LogP contribution is 2.45. The number of fused-ring (bicyclic) bond motifs is 3. The van der Waals surface area contributed by atoms with Crippen LogP contribution in [-0.2, 0) is 24.6 Å². The van der Waals surface area contributed by atoms with Crippen LogP contribution in [0.1, 0.15) is 73.8 Å². The Bertz CT molecular complexity index is 1980. The van der Waals surface area contributed by atoms with Gasteiger partial charge in [0.25, 0.3) is 0 Å². The summed E-state index contributed by atoms with van der Waals surface area (Å²) in [7, 11) is 0. The van der Waals surface area contributed by atoms with Gasteiger partial charge in [-0.15, -0.1) is 0 Å². The highest BCUT2D eigenvalue weighted by molar-refractivity contribution is 6.31. The number of amides is 2. The van der Waals surface area contributed by atoms with Gasteiger partial charge in [-0.3, -0.25) is 0 Å². The molecule has 2 N–H and O–H groups in total. The number of alkyl carbamates (subject to hydrolysis) is 2. The summed E-state index contributed by atoms with van der Waals surface area (Å²) in [6, 6.07) is 41.2. The van der Waals surface area contributed by atoms with Crippen LogP contribution in [0.25, 0.3) is 11.1 Å². The van der Waals surface area contributed by atoms with Gasteiger partial charge in [0.05, 0.1) is 0 Å². The zero-order valence-electron chi connectivity index (χ0n) is 30.7. The molecule has 0 saturated carbocycles. The van der Waals surface area contributed by atoms with Crippen molar-refractivity contribution in [3.8, 4) is 11.1 Å². The molecule has 1 aliphatic carbocycles. The van der Waals surface area contributed by atoms with E-state index in [0.717, 1.165) is 22.3 Å². The lowest BCUT2D eigenvalue weighted by Crippen LogP contribution is -2.46. The predicted molar refractivity (Wildman–Crippen MR) is 210 cm³/mol. The number of ether oxygens (including phenoxy) is 3. The average molecular weight is 745 g/mol. The van der Waals surface area contributed by atoms with Crippen LogP contribution in [0, 0.1) is 0 Å². The molecule has 0 bridgehead atoms. The Hall–Kier alpha value is -5.60. The zero-order chi connectivity index (χ0) is 38.1. The number of carbonyl (C=O) groups excluding carboxylic acids is 3. The van der Waals surface area contributed by atoms with E-state index in [2.05, 4.69) is 22.8 Å². The molecule has 0 aromatic heterocycles. The molecule has 9 heteroatoms. The Morgan fingerprint density at radius 1 is 0.667 bits per heavy atom. The third kappa shape index (κ3) is 8.77. The largest absolute Gasteiger partial charge is 0.449 e. The Morgan fingerprint density at radius 2 is 1.20 bits per heavy atom.